The predicted molar refractivity (Wildman–Crippen MR) is 58.6 cm³/mol. The summed E-state index contributed by atoms with van der Waals surface area (Å²) in [6.45, 7) is 1.96. The Hall–Kier alpha value is -0.290. The normalized spacial score (nSPS) is 15.3. The molecule has 0 heterocycles. The van der Waals surface area contributed by atoms with Crippen molar-refractivity contribution in [1.29, 1.82) is 0 Å². The lowest BCUT2D eigenvalue weighted by molar-refractivity contribution is 0.414. The van der Waals surface area contributed by atoms with E-state index in [9.17, 15) is 0 Å². The van der Waals surface area contributed by atoms with E-state index in [1.165, 1.54) is 0 Å². The molecule has 1 aromatic carbocycles. The molecular weight excluding hydrogens is 265 g/mol. The summed E-state index contributed by atoms with van der Waals surface area (Å²) >= 11 is 2.20. The Morgan fingerprint density at radius 1 is 1.50 bits per heavy atom. The van der Waals surface area contributed by atoms with Gasteiger partial charge < -0.3 is 10.5 Å². The Bertz CT molecular complexity index is 267. The van der Waals surface area contributed by atoms with E-state index in [-0.39, 0.29) is 3.55 Å². The van der Waals surface area contributed by atoms with E-state index in [0.29, 0.717) is 0 Å². The molecule has 0 aliphatic heterocycles. The van der Waals surface area contributed by atoms with Crippen molar-refractivity contribution in [2.75, 3.05) is 7.11 Å². The van der Waals surface area contributed by atoms with Crippen LogP contribution >= 0.6 is 22.6 Å². The molecular formula is C9H12INO. The monoisotopic (exact) mass is 277 g/mol. The van der Waals surface area contributed by atoms with Crippen LogP contribution in [0.2, 0.25) is 0 Å². The molecule has 0 saturated carbocycles. The lowest BCUT2D eigenvalue weighted by atomic mass is 10.1. The molecule has 0 aliphatic carbocycles. The van der Waals surface area contributed by atoms with Gasteiger partial charge in [0.2, 0.25) is 0 Å². The van der Waals surface area contributed by atoms with Crippen LogP contribution in [0.5, 0.6) is 5.75 Å². The second kappa shape index (κ2) is 3.62. The number of ether oxygens (including phenoxy) is 1. The molecule has 1 rings (SSSR count). The Kier molecular flexibility index (Phi) is 2.95. The highest BCUT2D eigenvalue weighted by atomic mass is 127. The van der Waals surface area contributed by atoms with Crippen molar-refractivity contribution in [2.24, 2.45) is 5.73 Å². The maximum absolute atomic E-state index is 5.91. The van der Waals surface area contributed by atoms with E-state index < -0.39 is 0 Å². The molecule has 0 saturated heterocycles. The van der Waals surface area contributed by atoms with Crippen molar-refractivity contribution >= 4 is 22.6 Å². The second-order valence-corrected chi connectivity index (χ2v) is 5.05. The van der Waals surface area contributed by atoms with Crippen molar-refractivity contribution in [3.63, 3.8) is 0 Å². The van der Waals surface area contributed by atoms with Crippen LogP contribution in [0.15, 0.2) is 24.3 Å². The minimum atomic E-state index is -0.327. The molecule has 12 heavy (non-hydrogen) atoms. The first-order chi connectivity index (χ1) is 5.54. The molecule has 2 N–H and O–H groups in total. The number of alkyl halides is 1. The molecule has 0 fully saturated rings. The van der Waals surface area contributed by atoms with Crippen molar-refractivity contribution in [2.45, 2.75) is 10.5 Å². The summed E-state index contributed by atoms with van der Waals surface area (Å²) in [7, 11) is 1.65. The smallest absolute Gasteiger partial charge is 0.119 e. The van der Waals surface area contributed by atoms with Gasteiger partial charge in [0.05, 0.1) is 10.7 Å². The number of nitrogens with two attached hydrogens (primary N) is 1. The van der Waals surface area contributed by atoms with Crippen molar-refractivity contribution in [3.8, 4) is 5.75 Å². The predicted octanol–water partition coefficient (Wildman–Crippen LogP) is 2.26. The molecule has 0 spiro atoms. The number of hydrogen-bond donors (Lipinski definition) is 1. The minimum absolute atomic E-state index is 0.327. The first-order valence-electron chi connectivity index (χ1n) is 3.66. The van der Waals surface area contributed by atoms with E-state index in [2.05, 4.69) is 22.6 Å². The van der Waals surface area contributed by atoms with Gasteiger partial charge in [-0.15, -0.1) is 0 Å². The maximum Gasteiger partial charge on any atom is 0.119 e. The molecule has 0 aromatic heterocycles. The lowest BCUT2D eigenvalue weighted by Crippen LogP contribution is -2.24. The van der Waals surface area contributed by atoms with Gasteiger partial charge in [-0.3, -0.25) is 0 Å². The van der Waals surface area contributed by atoms with Gasteiger partial charge in [-0.25, -0.2) is 0 Å². The van der Waals surface area contributed by atoms with Gasteiger partial charge in [0.1, 0.15) is 5.75 Å². The molecule has 0 amide bonds. The lowest BCUT2D eigenvalue weighted by Gasteiger charge is -2.17. The average Bonchev–Trinajstić information content (AvgIpc) is 2.03. The number of halogens is 1. The first-order valence-corrected chi connectivity index (χ1v) is 4.74. The van der Waals surface area contributed by atoms with Crippen molar-refractivity contribution < 1.29 is 4.74 Å². The summed E-state index contributed by atoms with van der Waals surface area (Å²) < 4.78 is 4.76. The van der Waals surface area contributed by atoms with Gasteiger partial charge in [-0.2, -0.15) is 0 Å². The molecule has 0 bridgehead atoms. The second-order valence-electron chi connectivity index (χ2n) is 2.81. The average molecular weight is 277 g/mol. The zero-order chi connectivity index (χ0) is 9.19. The zero-order valence-electron chi connectivity index (χ0n) is 7.17. The van der Waals surface area contributed by atoms with Crippen LogP contribution < -0.4 is 10.5 Å². The van der Waals surface area contributed by atoms with E-state index in [4.69, 9.17) is 10.5 Å². The Morgan fingerprint density at radius 2 is 2.17 bits per heavy atom. The van der Waals surface area contributed by atoms with Crippen LogP contribution in [-0.4, -0.2) is 7.11 Å². The fourth-order valence-electron chi connectivity index (χ4n) is 0.927. The van der Waals surface area contributed by atoms with Crippen LogP contribution in [0.25, 0.3) is 0 Å². The van der Waals surface area contributed by atoms with E-state index in [1.54, 1.807) is 7.11 Å². The quantitative estimate of drug-likeness (QED) is 0.511. The van der Waals surface area contributed by atoms with Crippen molar-refractivity contribution in [3.05, 3.63) is 29.8 Å². The van der Waals surface area contributed by atoms with Gasteiger partial charge in [0.25, 0.3) is 0 Å². The Labute approximate surface area is 86.2 Å². The maximum atomic E-state index is 5.91. The molecule has 2 nitrogen and oxygen atoms in total. The standard InChI is InChI=1S/C9H12INO/c1-9(10,11)7-4-3-5-8(6-7)12-2/h3-6H,11H2,1-2H3. The van der Waals surface area contributed by atoms with Crippen LogP contribution in [-0.2, 0) is 3.55 Å². The number of methoxy groups -OCH3 is 1. The fourth-order valence-corrected chi connectivity index (χ4v) is 1.26. The largest absolute Gasteiger partial charge is 0.497 e. The minimum Gasteiger partial charge on any atom is -0.497 e. The molecule has 0 radical (unpaired) electrons. The highest BCUT2D eigenvalue weighted by molar-refractivity contribution is 14.1. The molecule has 3 heteroatoms. The third kappa shape index (κ3) is 2.35. The third-order valence-corrected chi connectivity index (χ3v) is 2.26. The van der Waals surface area contributed by atoms with Gasteiger partial charge in [-0.05, 0) is 24.6 Å². The molecule has 1 unspecified atom stereocenters. The van der Waals surface area contributed by atoms with Gasteiger partial charge in [0.15, 0.2) is 0 Å². The fraction of sp³-hybridized carbons (Fsp3) is 0.333. The third-order valence-electron chi connectivity index (χ3n) is 1.63. The molecule has 1 aromatic rings. The Balaban J connectivity index is 3.02. The summed E-state index contributed by atoms with van der Waals surface area (Å²) in [6.07, 6.45) is 0. The van der Waals surface area contributed by atoms with Gasteiger partial charge >= 0.3 is 0 Å². The van der Waals surface area contributed by atoms with Crippen LogP contribution in [0.3, 0.4) is 0 Å². The highest BCUT2D eigenvalue weighted by Gasteiger charge is 2.16. The van der Waals surface area contributed by atoms with Crippen LogP contribution in [0, 0.1) is 0 Å². The van der Waals surface area contributed by atoms with Gasteiger partial charge in [-0.1, -0.05) is 34.7 Å². The van der Waals surface area contributed by atoms with Crippen LogP contribution in [0.1, 0.15) is 12.5 Å². The number of benzene rings is 1. The molecule has 1 atom stereocenters. The summed E-state index contributed by atoms with van der Waals surface area (Å²) in [5.74, 6) is 0.848. The van der Waals surface area contributed by atoms with Crippen LogP contribution in [0.4, 0.5) is 0 Å². The molecule has 66 valence electrons. The summed E-state index contributed by atoms with van der Waals surface area (Å²) in [4.78, 5) is 0. The first kappa shape index (κ1) is 9.80. The topological polar surface area (TPSA) is 35.2 Å². The van der Waals surface area contributed by atoms with E-state index in [0.717, 1.165) is 11.3 Å². The number of hydrogen-bond acceptors (Lipinski definition) is 2. The van der Waals surface area contributed by atoms with E-state index in [1.807, 2.05) is 31.2 Å². The Morgan fingerprint density at radius 3 is 2.67 bits per heavy atom. The molecule has 0 aliphatic rings. The SMILES string of the molecule is COc1cccc(C(C)(N)I)c1. The zero-order valence-corrected chi connectivity index (χ0v) is 9.33. The highest BCUT2D eigenvalue weighted by Crippen LogP contribution is 2.27. The van der Waals surface area contributed by atoms with Gasteiger partial charge in [0, 0.05) is 0 Å². The summed E-state index contributed by atoms with van der Waals surface area (Å²) in [5, 5.41) is 0. The summed E-state index contributed by atoms with van der Waals surface area (Å²) in [5.41, 5.74) is 6.98. The summed E-state index contributed by atoms with van der Waals surface area (Å²) in [6, 6.07) is 7.80. The van der Waals surface area contributed by atoms with Crippen molar-refractivity contribution in [1.82, 2.24) is 0 Å². The number of rotatable bonds is 2. The van der Waals surface area contributed by atoms with E-state index >= 15 is 0 Å².